The SMILES string of the molecule is CCOC(=O)c1ccc(-c2cc(C(=O)O)c[nH]c2=O)cc1. The van der Waals surface area contributed by atoms with Crippen LogP contribution >= 0.6 is 0 Å². The Hall–Kier alpha value is -2.89. The Balaban J connectivity index is 2.39. The molecule has 1 aromatic carbocycles. The monoisotopic (exact) mass is 287 g/mol. The van der Waals surface area contributed by atoms with Gasteiger partial charge in [0.25, 0.3) is 5.56 Å². The molecule has 1 aromatic heterocycles. The maximum absolute atomic E-state index is 11.8. The fourth-order valence-corrected chi connectivity index (χ4v) is 1.82. The Morgan fingerprint density at radius 2 is 1.86 bits per heavy atom. The molecule has 0 spiro atoms. The predicted molar refractivity (Wildman–Crippen MR) is 75.4 cm³/mol. The van der Waals surface area contributed by atoms with Gasteiger partial charge in [-0.2, -0.15) is 0 Å². The average molecular weight is 287 g/mol. The van der Waals surface area contributed by atoms with E-state index in [2.05, 4.69) is 4.98 Å². The van der Waals surface area contributed by atoms with E-state index in [-0.39, 0.29) is 17.7 Å². The van der Waals surface area contributed by atoms with E-state index < -0.39 is 17.5 Å². The molecule has 0 aliphatic rings. The van der Waals surface area contributed by atoms with Crippen LogP contribution in [0.5, 0.6) is 0 Å². The number of carbonyl (C=O) groups is 2. The molecule has 0 unspecified atom stereocenters. The third-order valence-electron chi connectivity index (χ3n) is 2.86. The number of aromatic amines is 1. The van der Waals surface area contributed by atoms with Crippen molar-refractivity contribution >= 4 is 11.9 Å². The molecule has 0 aliphatic carbocycles. The second-order valence-electron chi connectivity index (χ2n) is 4.23. The van der Waals surface area contributed by atoms with Crippen molar-refractivity contribution in [3.63, 3.8) is 0 Å². The first kappa shape index (κ1) is 14.5. The first-order chi connectivity index (χ1) is 10.0. The minimum atomic E-state index is -1.13. The van der Waals surface area contributed by atoms with Crippen LogP contribution in [0.2, 0.25) is 0 Å². The number of ether oxygens (including phenoxy) is 1. The lowest BCUT2D eigenvalue weighted by Crippen LogP contribution is -2.11. The summed E-state index contributed by atoms with van der Waals surface area (Å²) in [5.74, 6) is -1.58. The smallest absolute Gasteiger partial charge is 0.338 e. The van der Waals surface area contributed by atoms with Crippen molar-refractivity contribution in [1.82, 2.24) is 4.98 Å². The number of carboxylic acids is 1. The molecule has 0 saturated heterocycles. The molecular weight excluding hydrogens is 274 g/mol. The van der Waals surface area contributed by atoms with Crippen molar-refractivity contribution in [2.75, 3.05) is 6.61 Å². The van der Waals surface area contributed by atoms with E-state index >= 15 is 0 Å². The lowest BCUT2D eigenvalue weighted by atomic mass is 10.0. The number of carboxylic acid groups (broad SMARTS) is 1. The van der Waals surface area contributed by atoms with Gasteiger partial charge in [0.2, 0.25) is 0 Å². The molecule has 6 nitrogen and oxygen atoms in total. The molecule has 2 aromatic rings. The summed E-state index contributed by atoms with van der Waals surface area (Å²) in [6.07, 6.45) is 1.14. The molecule has 108 valence electrons. The second-order valence-corrected chi connectivity index (χ2v) is 4.23. The molecule has 0 aliphatic heterocycles. The Labute approximate surface area is 120 Å². The molecule has 21 heavy (non-hydrogen) atoms. The number of hydrogen-bond donors (Lipinski definition) is 2. The third kappa shape index (κ3) is 3.17. The van der Waals surface area contributed by atoms with E-state index in [1.165, 1.54) is 18.2 Å². The summed E-state index contributed by atoms with van der Waals surface area (Å²) in [6.45, 7) is 1.99. The van der Waals surface area contributed by atoms with E-state index in [4.69, 9.17) is 9.84 Å². The van der Waals surface area contributed by atoms with Gasteiger partial charge in [0.05, 0.1) is 17.7 Å². The normalized spacial score (nSPS) is 10.1. The standard InChI is InChI=1S/C15H13NO5/c1-2-21-15(20)10-5-3-9(4-6-10)12-7-11(14(18)19)8-16-13(12)17/h3-8H,2H2,1H3,(H,16,17)(H,18,19). The number of nitrogens with one attached hydrogen (secondary N) is 1. The van der Waals surface area contributed by atoms with Gasteiger partial charge in [-0.15, -0.1) is 0 Å². The van der Waals surface area contributed by atoms with Crippen LogP contribution in [-0.2, 0) is 4.74 Å². The van der Waals surface area contributed by atoms with Gasteiger partial charge in [0.1, 0.15) is 0 Å². The summed E-state index contributed by atoms with van der Waals surface area (Å²) < 4.78 is 4.86. The topological polar surface area (TPSA) is 96.5 Å². The van der Waals surface area contributed by atoms with Crippen LogP contribution in [0.4, 0.5) is 0 Å². The van der Waals surface area contributed by atoms with E-state index in [0.29, 0.717) is 11.1 Å². The highest BCUT2D eigenvalue weighted by Gasteiger charge is 2.11. The summed E-state index contributed by atoms with van der Waals surface area (Å²) in [7, 11) is 0. The number of aromatic nitrogens is 1. The maximum Gasteiger partial charge on any atom is 0.338 e. The Morgan fingerprint density at radius 3 is 2.43 bits per heavy atom. The van der Waals surface area contributed by atoms with Gasteiger partial charge in [0.15, 0.2) is 0 Å². The first-order valence-electron chi connectivity index (χ1n) is 6.26. The molecule has 0 radical (unpaired) electrons. The summed E-state index contributed by atoms with van der Waals surface area (Å²) in [4.78, 5) is 36.6. The highest BCUT2D eigenvalue weighted by Crippen LogP contribution is 2.17. The van der Waals surface area contributed by atoms with E-state index in [1.54, 1.807) is 19.1 Å². The van der Waals surface area contributed by atoms with Crippen molar-refractivity contribution in [3.05, 3.63) is 58.0 Å². The lowest BCUT2D eigenvalue weighted by molar-refractivity contribution is 0.0526. The van der Waals surface area contributed by atoms with Crippen LogP contribution in [-0.4, -0.2) is 28.6 Å². The van der Waals surface area contributed by atoms with E-state index in [0.717, 1.165) is 6.20 Å². The van der Waals surface area contributed by atoms with Crippen molar-refractivity contribution < 1.29 is 19.4 Å². The molecule has 2 rings (SSSR count). The van der Waals surface area contributed by atoms with E-state index in [9.17, 15) is 14.4 Å². The van der Waals surface area contributed by atoms with Gasteiger partial charge in [-0.1, -0.05) is 12.1 Å². The number of pyridine rings is 1. The predicted octanol–water partition coefficient (Wildman–Crippen LogP) is 1.92. The van der Waals surface area contributed by atoms with Crippen LogP contribution in [0.1, 0.15) is 27.6 Å². The molecule has 0 amide bonds. The minimum Gasteiger partial charge on any atom is -0.478 e. The third-order valence-corrected chi connectivity index (χ3v) is 2.86. The number of rotatable bonds is 4. The van der Waals surface area contributed by atoms with E-state index in [1.807, 2.05) is 0 Å². The van der Waals surface area contributed by atoms with Gasteiger partial charge in [0, 0.05) is 11.8 Å². The number of aromatic carboxylic acids is 1. The molecule has 0 saturated carbocycles. The second kappa shape index (κ2) is 6.04. The van der Waals surface area contributed by atoms with Crippen LogP contribution in [0.15, 0.2) is 41.3 Å². The zero-order valence-corrected chi connectivity index (χ0v) is 11.3. The van der Waals surface area contributed by atoms with Crippen LogP contribution in [0.25, 0.3) is 11.1 Å². The van der Waals surface area contributed by atoms with Gasteiger partial charge in [-0.25, -0.2) is 9.59 Å². The largest absolute Gasteiger partial charge is 0.478 e. The molecule has 0 fully saturated rings. The number of benzene rings is 1. The maximum atomic E-state index is 11.8. The summed E-state index contributed by atoms with van der Waals surface area (Å²) in [6, 6.07) is 7.49. The molecule has 1 heterocycles. The number of esters is 1. The van der Waals surface area contributed by atoms with Crippen molar-refractivity contribution in [3.8, 4) is 11.1 Å². The average Bonchev–Trinajstić information content (AvgIpc) is 2.48. The molecule has 0 atom stereocenters. The molecule has 2 N–H and O–H groups in total. The Bertz CT molecular complexity index is 730. The molecule has 0 bridgehead atoms. The highest BCUT2D eigenvalue weighted by atomic mass is 16.5. The quantitative estimate of drug-likeness (QED) is 0.837. The first-order valence-corrected chi connectivity index (χ1v) is 6.26. The van der Waals surface area contributed by atoms with Crippen LogP contribution in [0, 0.1) is 0 Å². The number of H-pyrrole nitrogens is 1. The minimum absolute atomic E-state index is 0.0148. The van der Waals surface area contributed by atoms with Gasteiger partial charge < -0.3 is 14.8 Å². The fraction of sp³-hybridized carbons (Fsp3) is 0.133. The zero-order valence-electron chi connectivity index (χ0n) is 11.3. The van der Waals surface area contributed by atoms with Gasteiger partial charge in [-0.05, 0) is 30.7 Å². The van der Waals surface area contributed by atoms with Gasteiger partial charge in [-0.3, -0.25) is 4.79 Å². The van der Waals surface area contributed by atoms with Gasteiger partial charge >= 0.3 is 11.9 Å². The highest BCUT2D eigenvalue weighted by molar-refractivity contribution is 5.91. The van der Waals surface area contributed by atoms with Crippen LogP contribution < -0.4 is 5.56 Å². The Kier molecular flexibility index (Phi) is 4.18. The fourth-order valence-electron chi connectivity index (χ4n) is 1.82. The van der Waals surface area contributed by atoms with Crippen LogP contribution in [0.3, 0.4) is 0 Å². The summed E-state index contributed by atoms with van der Waals surface area (Å²) in [5, 5.41) is 8.94. The zero-order chi connectivity index (χ0) is 15.4. The summed E-state index contributed by atoms with van der Waals surface area (Å²) in [5.41, 5.74) is 0.701. The number of hydrogen-bond acceptors (Lipinski definition) is 4. The number of carbonyl (C=O) groups excluding carboxylic acids is 1. The lowest BCUT2D eigenvalue weighted by Gasteiger charge is -2.04. The molecular formula is C15H13NO5. The Morgan fingerprint density at radius 1 is 1.19 bits per heavy atom. The van der Waals surface area contributed by atoms with Crippen molar-refractivity contribution in [2.45, 2.75) is 6.92 Å². The summed E-state index contributed by atoms with van der Waals surface area (Å²) >= 11 is 0. The van der Waals surface area contributed by atoms with Crippen molar-refractivity contribution in [2.24, 2.45) is 0 Å². The molecule has 6 heteroatoms. The van der Waals surface area contributed by atoms with Crippen molar-refractivity contribution in [1.29, 1.82) is 0 Å².